The van der Waals surface area contributed by atoms with E-state index in [0.717, 1.165) is 6.07 Å². The lowest BCUT2D eigenvalue weighted by atomic mass is 10.2. The summed E-state index contributed by atoms with van der Waals surface area (Å²) in [4.78, 5) is 9.72. The van der Waals surface area contributed by atoms with Crippen LogP contribution in [-0.4, -0.2) is 24.0 Å². The molecule has 1 rings (SSSR count). The Morgan fingerprint density at radius 2 is 2.20 bits per heavy atom. The smallest absolute Gasteiger partial charge is 0.258 e. The van der Waals surface area contributed by atoms with Crippen molar-refractivity contribution in [1.29, 1.82) is 0 Å². The molecule has 0 saturated carbocycles. The average molecular weight is 213 g/mol. The minimum Gasteiger partial charge on any atom is -0.258 e. The molecule has 1 aromatic rings. The molecule has 0 saturated heterocycles. The highest BCUT2D eigenvalue weighted by molar-refractivity contribution is 5.36. The third kappa shape index (κ3) is 2.97. The predicted molar refractivity (Wildman–Crippen MR) is 53.6 cm³/mol. The highest BCUT2D eigenvalue weighted by Gasteiger charge is 2.16. The van der Waals surface area contributed by atoms with Gasteiger partial charge < -0.3 is 0 Å². The Labute approximate surface area is 86.6 Å². The largest absolute Gasteiger partial charge is 0.305 e. The number of benzene rings is 1. The summed E-state index contributed by atoms with van der Waals surface area (Å²) in [5.74, 6) is -0.781. The number of hydrogen-bond donors (Lipinski definition) is 1. The monoisotopic (exact) mass is 213 g/mol. The Morgan fingerprint density at radius 3 is 2.73 bits per heavy atom. The van der Waals surface area contributed by atoms with Gasteiger partial charge in [0.1, 0.15) is 0 Å². The molecule has 0 aliphatic carbocycles. The van der Waals surface area contributed by atoms with Gasteiger partial charge in [-0.05, 0) is 0 Å². The molecule has 15 heavy (non-hydrogen) atoms. The third-order valence-corrected chi connectivity index (χ3v) is 1.84. The van der Waals surface area contributed by atoms with Crippen LogP contribution in [-0.2, 0) is 6.54 Å². The van der Waals surface area contributed by atoms with Crippen LogP contribution in [0.15, 0.2) is 18.2 Å². The highest BCUT2D eigenvalue weighted by Crippen LogP contribution is 2.19. The Bertz CT molecular complexity index is 368. The van der Waals surface area contributed by atoms with Crippen molar-refractivity contribution < 1.29 is 9.31 Å². The van der Waals surface area contributed by atoms with E-state index in [4.69, 9.17) is 0 Å². The molecule has 1 aromatic carbocycles. The molecule has 0 fully saturated rings. The van der Waals surface area contributed by atoms with Crippen LogP contribution in [0.1, 0.15) is 5.56 Å². The molecule has 0 spiro atoms. The van der Waals surface area contributed by atoms with Crippen LogP contribution in [0.4, 0.5) is 10.1 Å². The van der Waals surface area contributed by atoms with E-state index >= 15 is 0 Å². The maximum atomic E-state index is 13.5. The fourth-order valence-corrected chi connectivity index (χ4v) is 1.09. The van der Waals surface area contributed by atoms with E-state index in [0.29, 0.717) is 0 Å². The zero-order valence-corrected chi connectivity index (χ0v) is 8.53. The SMILES string of the molecule is CN(C)NCc1cccc([N+](=O)[O-])c1F. The van der Waals surface area contributed by atoms with Gasteiger partial charge in [-0.15, -0.1) is 0 Å². The summed E-state index contributed by atoms with van der Waals surface area (Å²) in [5, 5.41) is 12.1. The van der Waals surface area contributed by atoms with Crippen molar-refractivity contribution in [3.05, 3.63) is 39.7 Å². The maximum Gasteiger partial charge on any atom is 0.305 e. The normalized spacial score (nSPS) is 10.7. The minimum atomic E-state index is -0.781. The molecule has 5 nitrogen and oxygen atoms in total. The number of nitrogens with one attached hydrogen (secondary N) is 1. The van der Waals surface area contributed by atoms with Crippen LogP contribution < -0.4 is 5.43 Å². The van der Waals surface area contributed by atoms with Gasteiger partial charge in [0.15, 0.2) is 0 Å². The van der Waals surface area contributed by atoms with E-state index in [1.165, 1.54) is 12.1 Å². The molecule has 0 heterocycles. The van der Waals surface area contributed by atoms with E-state index in [1.54, 1.807) is 19.1 Å². The maximum absolute atomic E-state index is 13.5. The van der Waals surface area contributed by atoms with E-state index in [-0.39, 0.29) is 12.1 Å². The molecule has 1 N–H and O–H groups in total. The summed E-state index contributed by atoms with van der Waals surface area (Å²) in [7, 11) is 3.52. The number of hydrogen-bond acceptors (Lipinski definition) is 4. The van der Waals surface area contributed by atoms with Crippen LogP contribution in [0.5, 0.6) is 0 Å². The molecule has 0 atom stereocenters. The standard InChI is InChI=1S/C9H12FN3O2/c1-12(2)11-6-7-4-3-5-8(9(7)10)13(14)15/h3-5,11H,6H2,1-2H3. The van der Waals surface area contributed by atoms with Crippen LogP contribution in [0.3, 0.4) is 0 Å². The molecule has 0 bridgehead atoms. The van der Waals surface area contributed by atoms with Crippen LogP contribution in [0.2, 0.25) is 0 Å². The summed E-state index contributed by atoms with van der Waals surface area (Å²) in [5.41, 5.74) is 2.62. The Hall–Kier alpha value is -1.53. The van der Waals surface area contributed by atoms with Crippen LogP contribution >= 0.6 is 0 Å². The van der Waals surface area contributed by atoms with Crippen molar-refractivity contribution in [3.63, 3.8) is 0 Å². The van der Waals surface area contributed by atoms with Gasteiger partial charge in [0.2, 0.25) is 5.82 Å². The van der Waals surface area contributed by atoms with Gasteiger partial charge in [-0.2, -0.15) is 4.39 Å². The van der Waals surface area contributed by atoms with Crippen molar-refractivity contribution in [2.75, 3.05) is 14.1 Å². The van der Waals surface area contributed by atoms with E-state index in [9.17, 15) is 14.5 Å². The fraction of sp³-hybridized carbons (Fsp3) is 0.333. The van der Waals surface area contributed by atoms with E-state index in [2.05, 4.69) is 5.43 Å². The van der Waals surface area contributed by atoms with E-state index in [1.807, 2.05) is 0 Å². The zero-order valence-electron chi connectivity index (χ0n) is 8.53. The van der Waals surface area contributed by atoms with Crippen LogP contribution in [0, 0.1) is 15.9 Å². The van der Waals surface area contributed by atoms with Crippen molar-refractivity contribution >= 4 is 5.69 Å². The van der Waals surface area contributed by atoms with Crippen molar-refractivity contribution in [3.8, 4) is 0 Å². The minimum absolute atomic E-state index is 0.223. The zero-order chi connectivity index (χ0) is 11.4. The Balaban J connectivity index is 2.89. The molecule has 82 valence electrons. The first kappa shape index (κ1) is 11.5. The van der Waals surface area contributed by atoms with E-state index < -0.39 is 16.4 Å². The average Bonchev–Trinajstić information content (AvgIpc) is 2.15. The number of rotatable bonds is 4. The summed E-state index contributed by atoms with van der Waals surface area (Å²) in [6.07, 6.45) is 0. The van der Waals surface area contributed by atoms with Crippen molar-refractivity contribution in [2.45, 2.75) is 6.54 Å². The highest BCUT2D eigenvalue weighted by atomic mass is 19.1. The van der Waals surface area contributed by atoms with Gasteiger partial charge in [0, 0.05) is 32.3 Å². The topological polar surface area (TPSA) is 58.4 Å². The Kier molecular flexibility index (Phi) is 3.70. The number of nitro benzene ring substituents is 1. The van der Waals surface area contributed by atoms with Crippen molar-refractivity contribution in [1.82, 2.24) is 10.4 Å². The fourth-order valence-electron chi connectivity index (χ4n) is 1.09. The molecule has 0 aliphatic rings. The second kappa shape index (κ2) is 4.81. The Morgan fingerprint density at radius 1 is 1.53 bits per heavy atom. The number of nitro groups is 1. The molecule has 0 amide bonds. The molecule has 0 radical (unpaired) electrons. The molecular formula is C9H12FN3O2. The van der Waals surface area contributed by atoms with Gasteiger partial charge >= 0.3 is 5.69 Å². The predicted octanol–water partition coefficient (Wildman–Crippen LogP) is 1.30. The van der Waals surface area contributed by atoms with Crippen LogP contribution in [0.25, 0.3) is 0 Å². The number of nitrogens with zero attached hydrogens (tertiary/aromatic N) is 2. The third-order valence-electron chi connectivity index (χ3n) is 1.84. The van der Waals surface area contributed by atoms with Gasteiger partial charge in [0.25, 0.3) is 0 Å². The molecular weight excluding hydrogens is 201 g/mol. The van der Waals surface area contributed by atoms with Gasteiger partial charge in [0.05, 0.1) is 4.92 Å². The molecule has 0 aliphatic heterocycles. The second-order valence-corrected chi connectivity index (χ2v) is 3.24. The van der Waals surface area contributed by atoms with Gasteiger partial charge in [-0.25, -0.2) is 0 Å². The summed E-state index contributed by atoms with van der Waals surface area (Å²) >= 11 is 0. The summed E-state index contributed by atoms with van der Waals surface area (Å²) in [6.45, 7) is 0.223. The molecule has 0 aromatic heterocycles. The first-order valence-electron chi connectivity index (χ1n) is 4.35. The first-order chi connectivity index (χ1) is 7.02. The lowest BCUT2D eigenvalue weighted by Crippen LogP contribution is -2.30. The molecule has 0 unspecified atom stereocenters. The first-order valence-corrected chi connectivity index (χ1v) is 4.35. The van der Waals surface area contributed by atoms with Crippen molar-refractivity contribution in [2.24, 2.45) is 0 Å². The lowest BCUT2D eigenvalue weighted by Gasteiger charge is -2.11. The quantitative estimate of drug-likeness (QED) is 0.605. The second-order valence-electron chi connectivity index (χ2n) is 3.24. The molecule has 6 heteroatoms. The van der Waals surface area contributed by atoms with Gasteiger partial charge in [-0.3, -0.25) is 20.5 Å². The lowest BCUT2D eigenvalue weighted by molar-refractivity contribution is -0.387. The summed E-state index contributed by atoms with van der Waals surface area (Å²) < 4.78 is 13.5. The summed E-state index contributed by atoms with van der Waals surface area (Å²) in [6, 6.07) is 4.13. The number of hydrazine groups is 1. The van der Waals surface area contributed by atoms with Gasteiger partial charge in [-0.1, -0.05) is 12.1 Å². The number of halogens is 1.